The fourth-order valence-corrected chi connectivity index (χ4v) is 3.30. The fraction of sp³-hybridized carbons (Fsp3) is 0.600. The summed E-state index contributed by atoms with van der Waals surface area (Å²) >= 11 is 0. The van der Waals surface area contributed by atoms with Crippen molar-refractivity contribution in [2.24, 2.45) is 0 Å². The first-order valence-corrected chi connectivity index (χ1v) is 8.95. The summed E-state index contributed by atoms with van der Waals surface area (Å²) in [6.45, 7) is 8.18. The Bertz CT molecular complexity index is 566. The Labute approximate surface area is 145 Å². The van der Waals surface area contributed by atoms with Gasteiger partial charge in [0.2, 0.25) is 11.8 Å². The number of nitrogens with one attached hydrogen (secondary N) is 1. The van der Waals surface area contributed by atoms with Gasteiger partial charge in [0, 0.05) is 18.7 Å². The van der Waals surface area contributed by atoms with Gasteiger partial charge in [-0.05, 0) is 36.0 Å². The molecule has 0 heterocycles. The molecule has 0 aromatic heterocycles. The van der Waals surface area contributed by atoms with Gasteiger partial charge < -0.3 is 10.2 Å². The summed E-state index contributed by atoms with van der Waals surface area (Å²) in [5, 5.41) is 2.91. The molecule has 2 rings (SSSR count). The van der Waals surface area contributed by atoms with E-state index in [0.29, 0.717) is 0 Å². The maximum atomic E-state index is 12.3. The number of hydrogen-bond acceptors (Lipinski definition) is 2. The highest BCUT2D eigenvalue weighted by atomic mass is 16.2. The van der Waals surface area contributed by atoms with Crippen molar-refractivity contribution in [1.82, 2.24) is 4.90 Å². The Morgan fingerprint density at radius 1 is 1.08 bits per heavy atom. The highest BCUT2D eigenvalue weighted by molar-refractivity contribution is 5.94. The second-order valence-electron chi connectivity index (χ2n) is 7.81. The summed E-state index contributed by atoms with van der Waals surface area (Å²) in [6, 6.07) is 8.15. The Balaban J connectivity index is 1.96. The number of benzene rings is 1. The molecular formula is C20H30N2O2. The SMILES string of the molecule is CC(=O)N(CC(=O)Nc1ccc(C(C)(C)C)cc1)C1CCCCC1. The molecule has 0 saturated heterocycles. The van der Waals surface area contributed by atoms with E-state index in [1.54, 1.807) is 11.8 Å². The van der Waals surface area contributed by atoms with Gasteiger partial charge in [0.15, 0.2) is 0 Å². The smallest absolute Gasteiger partial charge is 0.244 e. The molecule has 24 heavy (non-hydrogen) atoms. The van der Waals surface area contributed by atoms with Crippen molar-refractivity contribution in [3.8, 4) is 0 Å². The molecule has 1 aromatic carbocycles. The van der Waals surface area contributed by atoms with Gasteiger partial charge in [-0.25, -0.2) is 0 Å². The van der Waals surface area contributed by atoms with E-state index in [1.807, 2.05) is 24.3 Å². The van der Waals surface area contributed by atoms with Crippen molar-refractivity contribution < 1.29 is 9.59 Å². The molecule has 0 spiro atoms. The lowest BCUT2D eigenvalue weighted by Crippen LogP contribution is -2.44. The molecule has 1 aliphatic rings. The summed E-state index contributed by atoms with van der Waals surface area (Å²) in [5.74, 6) is -0.139. The standard InChI is InChI=1S/C20H30N2O2/c1-15(23)22(18-8-6-5-7-9-18)14-19(24)21-17-12-10-16(11-13-17)20(2,3)4/h10-13,18H,5-9,14H2,1-4H3,(H,21,24). The maximum absolute atomic E-state index is 12.3. The van der Waals surface area contributed by atoms with Gasteiger partial charge in [0.1, 0.15) is 6.54 Å². The molecule has 1 N–H and O–H groups in total. The minimum Gasteiger partial charge on any atom is -0.331 e. The van der Waals surface area contributed by atoms with Gasteiger partial charge in [-0.1, -0.05) is 52.2 Å². The zero-order valence-corrected chi connectivity index (χ0v) is 15.4. The van der Waals surface area contributed by atoms with Crippen LogP contribution in [-0.4, -0.2) is 29.3 Å². The molecule has 0 bridgehead atoms. The minimum absolute atomic E-state index is 0.0138. The maximum Gasteiger partial charge on any atom is 0.244 e. The Morgan fingerprint density at radius 2 is 1.67 bits per heavy atom. The first-order chi connectivity index (χ1) is 11.3. The van der Waals surface area contributed by atoms with E-state index in [0.717, 1.165) is 31.4 Å². The molecule has 132 valence electrons. The second kappa shape index (κ2) is 7.82. The summed E-state index contributed by atoms with van der Waals surface area (Å²) in [7, 11) is 0. The normalized spacial score (nSPS) is 15.8. The molecule has 0 unspecified atom stereocenters. The zero-order chi connectivity index (χ0) is 17.7. The van der Waals surface area contributed by atoms with Crippen molar-refractivity contribution in [1.29, 1.82) is 0 Å². The lowest BCUT2D eigenvalue weighted by Gasteiger charge is -2.33. The van der Waals surface area contributed by atoms with Crippen molar-refractivity contribution >= 4 is 17.5 Å². The third kappa shape index (κ3) is 5.08. The van der Waals surface area contributed by atoms with Crippen LogP contribution in [0.15, 0.2) is 24.3 Å². The van der Waals surface area contributed by atoms with Crippen molar-refractivity contribution in [3.63, 3.8) is 0 Å². The van der Waals surface area contributed by atoms with Gasteiger partial charge >= 0.3 is 0 Å². The van der Waals surface area contributed by atoms with E-state index in [-0.39, 0.29) is 29.8 Å². The number of amides is 2. The fourth-order valence-electron chi connectivity index (χ4n) is 3.30. The second-order valence-corrected chi connectivity index (χ2v) is 7.81. The van der Waals surface area contributed by atoms with Crippen LogP contribution in [0.1, 0.15) is 65.4 Å². The zero-order valence-electron chi connectivity index (χ0n) is 15.4. The van der Waals surface area contributed by atoms with Gasteiger partial charge in [0.25, 0.3) is 0 Å². The number of rotatable bonds is 4. The van der Waals surface area contributed by atoms with Crippen molar-refractivity contribution in [2.75, 3.05) is 11.9 Å². The van der Waals surface area contributed by atoms with Gasteiger partial charge in [-0.3, -0.25) is 9.59 Å². The average Bonchev–Trinajstić information content (AvgIpc) is 2.53. The molecule has 0 aliphatic heterocycles. The van der Waals surface area contributed by atoms with Gasteiger partial charge in [-0.15, -0.1) is 0 Å². The minimum atomic E-state index is -0.126. The molecule has 0 atom stereocenters. The number of hydrogen-bond donors (Lipinski definition) is 1. The quantitative estimate of drug-likeness (QED) is 0.903. The predicted octanol–water partition coefficient (Wildman–Crippen LogP) is 4.10. The molecule has 1 aromatic rings. The number of carbonyl (C=O) groups is 2. The van der Waals surface area contributed by atoms with Crippen LogP contribution in [0.25, 0.3) is 0 Å². The van der Waals surface area contributed by atoms with Crippen LogP contribution in [0.3, 0.4) is 0 Å². The molecule has 0 radical (unpaired) electrons. The van der Waals surface area contributed by atoms with Crippen LogP contribution in [0.4, 0.5) is 5.69 Å². The summed E-state index contributed by atoms with van der Waals surface area (Å²) < 4.78 is 0. The Morgan fingerprint density at radius 3 is 2.17 bits per heavy atom. The van der Waals surface area contributed by atoms with Crippen molar-refractivity contribution in [3.05, 3.63) is 29.8 Å². The molecule has 1 fully saturated rings. The Kier molecular flexibility index (Phi) is 6.03. The molecule has 1 saturated carbocycles. The van der Waals surface area contributed by atoms with Crippen LogP contribution in [0, 0.1) is 0 Å². The van der Waals surface area contributed by atoms with E-state index in [2.05, 4.69) is 26.1 Å². The van der Waals surface area contributed by atoms with E-state index >= 15 is 0 Å². The number of anilines is 1. The van der Waals surface area contributed by atoms with Gasteiger partial charge in [0.05, 0.1) is 0 Å². The highest BCUT2D eigenvalue weighted by Crippen LogP contribution is 2.24. The first kappa shape index (κ1) is 18.5. The van der Waals surface area contributed by atoms with Crippen LogP contribution in [-0.2, 0) is 15.0 Å². The van der Waals surface area contributed by atoms with Crippen LogP contribution < -0.4 is 5.32 Å². The summed E-state index contributed by atoms with van der Waals surface area (Å²) in [4.78, 5) is 26.0. The lowest BCUT2D eigenvalue weighted by molar-refractivity contribution is -0.135. The lowest BCUT2D eigenvalue weighted by atomic mass is 9.87. The van der Waals surface area contributed by atoms with Crippen molar-refractivity contribution in [2.45, 2.75) is 71.3 Å². The number of carbonyl (C=O) groups excluding carboxylic acids is 2. The van der Waals surface area contributed by atoms with E-state index in [4.69, 9.17) is 0 Å². The molecule has 4 nitrogen and oxygen atoms in total. The molecular weight excluding hydrogens is 300 g/mol. The summed E-state index contributed by atoms with van der Waals surface area (Å²) in [5.41, 5.74) is 2.10. The van der Waals surface area contributed by atoms with Gasteiger partial charge in [-0.2, -0.15) is 0 Å². The largest absolute Gasteiger partial charge is 0.331 e. The topological polar surface area (TPSA) is 49.4 Å². The molecule has 2 amide bonds. The molecule has 1 aliphatic carbocycles. The molecule has 4 heteroatoms. The third-order valence-electron chi connectivity index (χ3n) is 4.77. The van der Waals surface area contributed by atoms with Crippen LogP contribution in [0.5, 0.6) is 0 Å². The Hall–Kier alpha value is -1.84. The van der Waals surface area contributed by atoms with Crippen LogP contribution >= 0.6 is 0 Å². The summed E-state index contributed by atoms with van der Waals surface area (Å²) in [6.07, 6.45) is 5.53. The van der Waals surface area contributed by atoms with Crippen LogP contribution in [0.2, 0.25) is 0 Å². The first-order valence-electron chi connectivity index (χ1n) is 8.95. The average molecular weight is 330 g/mol. The van der Waals surface area contributed by atoms with E-state index in [1.165, 1.54) is 12.0 Å². The van der Waals surface area contributed by atoms with E-state index < -0.39 is 0 Å². The number of nitrogens with zero attached hydrogens (tertiary/aromatic N) is 1. The highest BCUT2D eigenvalue weighted by Gasteiger charge is 2.25. The third-order valence-corrected chi connectivity index (χ3v) is 4.77. The van der Waals surface area contributed by atoms with E-state index in [9.17, 15) is 9.59 Å². The predicted molar refractivity (Wildman–Crippen MR) is 98.0 cm³/mol. The monoisotopic (exact) mass is 330 g/mol.